The van der Waals surface area contributed by atoms with Gasteiger partial charge in [-0.2, -0.15) is 5.10 Å². The molecule has 0 aliphatic rings. The Morgan fingerprint density at radius 2 is 2.05 bits per heavy atom. The second kappa shape index (κ2) is 7.03. The summed E-state index contributed by atoms with van der Waals surface area (Å²) in [5.41, 5.74) is 4.21. The zero-order chi connectivity index (χ0) is 15.2. The van der Waals surface area contributed by atoms with Gasteiger partial charge in [0.1, 0.15) is 11.5 Å². The first-order chi connectivity index (χ1) is 10.0. The molecule has 2 rings (SSSR count). The molecule has 2 heterocycles. The van der Waals surface area contributed by atoms with Crippen LogP contribution in [-0.2, 0) is 4.79 Å². The number of carbonyl (C=O) groups excluding carboxylic acids is 1. The van der Waals surface area contributed by atoms with E-state index in [1.165, 1.54) is 18.0 Å². The number of aromatic nitrogens is 2. The molecule has 0 fully saturated rings. The van der Waals surface area contributed by atoms with Gasteiger partial charge >= 0.3 is 0 Å². The lowest BCUT2D eigenvalue weighted by Crippen LogP contribution is -2.19. The van der Waals surface area contributed by atoms with E-state index >= 15 is 0 Å². The second-order valence-electron chi connectivity index (χ2n) is 4.46. The molecule has 0 aliphatic carbocycles. The van der Waals surface area contributed by atoms with Gasteiger partial charge in [-0.15, -0.1) is 0 Å². The first kappa shape index (κ1) is 15.2. The summed E-state index contributed by atoms with van der Waals surface area (Å²) in [7, 11) is 0. The van der Waals surface area contributed by atoms with Crippen molar-refractivity contribution in [2.75, 3.05) is 5.75 Å². The fourth-order valence-corrected chi connectivity index (χ4v) is 2.35. The Morgan fingerprint density at radius 1 is 1.33 bits per heavy atom. The van der Waals surface area contributed by atoms with Crippen LogP contribution in [-0.4, -0.2) is 27.8 Å². The van der Waals surface area contributed by atoms with E-state index in [-0.39, 0.29) is 11.7 Å². The predicted octanol–water partition coefficient (Wildman–Crippen LogP) is 2.24. The van der Waals surface area contributed by atoms with Crippen molar-refractivity contribution in [1.29, 1.82) is 0 Å². The summed E-state index contributed by atoms with van der Waals surface area (Å²) in [4.78, 5) is 20.2. The van der Waals surface area contributed by atoms with Crippen LogP contribution in [0.3, 0.4) is 0 Å². The fourth-order valence-electron chi connectivity index (χ4n) is 1.61. The van der Waals surface area contributed by atoms with Gasteiger partial charge in [-0.3, -0.25) is 4.79 Å². The molecular weight excluding hydrogens is 288 g/mol. The molecule has 6 nitrogen and oxygen atoms in total. The van der Waals surface area contributed by atoms with Crippen molar-refractivity contribution in [2.45, 2.75) is 25.9 Å². The molecule has 21 heavy (non-hydrogen) atoms. The number of carbonyl (C=O) groups is 1. The molecule has 0 radical (unpaired) electrons. The Bertz CT molecular complexity index is 646. The molecule has 1 amide bonds. The van der Waals surface area contributed by atoms with Crippen molar-refractivity contribution in [2.24, 2.45) is 5.10 Å². The summed E-state index contributed by atoms with van der Waals surface area (Å²) < 4.78 is 5.30. The number of nitrogens with one attached hydrogen (secondary N) is 1. The number of hydrazone groups is 1. The molecule has 0 saturated carbocycles. The van der Waals surface area contributed by atoms with Gasteiger partial charge in [-0.1, -0.05) is 11.8 Å². The minimum atomic E-state index is -0.220. The minimum Gasteiger partial charge on any atom is -0.460 e. The van der Waals surface area contributed by atoms with Crippen LogP contribution in [0.5, 0.6) is 0 Å². The van der Waals surface area contributed by atoms with Crippen molar-refractivity contribution in [3.05, 3.63) is 41.1 Å². The number of hydrogen-bond acceptors (Lipinski definition) is 6. The SMILES string of the molecule is Cc1cc(C)nc(SCC(=O)N/N=C/c2ccc(C)o2)n1. The smallest absolute Gasteiger partial charge is 0.250 e. The number of nitrogens with zero attached hydrogens (tertiary/aromatic N) is 3. The average molecular weight is 304 g/mol. The standard InChI is InChI=1S/C14H16N4O2S/c1-9-6-10(2)17-14(16-9)21-8-13(19)18-15-7-12-5-4-11(3)20-12/h4-7H,8H2,1-3H3,(H,18,19)/b15-7+. The van der Waals surface area contributed by atoms with Gasteiger partial charge in [0.25, 0.3) is 5.91 Å². The summed E-state index contributed by atoms with van der Waals surface area (Å²) in [5, 5.41) is 4.42. The van der Waals surface area contributed by atoms with Gasteiger partial charge in [0.05, 0.1) is 12.0 Å². The Balaban J connectivity index is 1.80. The third kappa shape index (κ3) is 5.03. The van der Waals surface area contributed by atoms with Crippen molar-refractivity contribution < 1.29 is 9.21 Å². The van der Waals surface area contributed by atoms with Crippen LogP contribution in [0.1, 0.15) is 22.9 Å². The molecule has 2 aromatic heterocycles. The van der Waals surface area contributed by atoms with Gasteiger partial charge in [0.2, 0.25) is 0 Å². The summed E-state index contributed by atoms with van der Waals surface area (Å²) >= 11 is 1.28. The molecule has 2 aromatic rings. The van der Waals surface area contributed by atoms with E-state index in [1.807, 2.05) is 32.9 Å². The number of aryl methyl sites for hydroxylation is 3. The molecular formula is C14H16N4O2S. The third-order valence-corrected chi connectivity index (χ3v) is 3.28. The van der Waals surface area contributed by atoms with Gasteiger partial charge in [-0.25, -0.2) is 15.4 Å². The van der Waals surface area contributed by atoms with Crippen molar-refractivity contribution in [3.8, 4) is 0 Å². The van der Waals surface area contributed by atoms with Crippen molar-refractivity contribution in [3.63, 3.8) is 0 Å². The number of amides is 1. The maximum atomic E-state index is 11.6. The van der Waals surface area contributed by atoms with E-state index in [1.54, 1.807) is 6.07 Å². The Kier molecular flexibility index (Phi) is 5.10. The topological polar surface area (TPSA) is 80.4 Å². The van der Waals surface area contributed by atoms with Crippen molar-refractivity contribution in [1.82, 2.24) is 15.4 Å². The van der Waals surface area contributed by atoms with Crippen LogP contribution in [0.15, 0.2) is 32.9 Å². The number of hydrogen-bond donors (Lipinski definition) is 1. The van der Waals surface area contributed by atoms with Gasteiger partial charge in [0, 0.05) is 11.4 Å². The number of furan rings is 1. The van der Waals surface area contributed by atoms with E-state index < -0.39 is 0 Å². The van der Waals surface area contributed by atoms with E-state index in [2.05, 4.69) is 20.5 Å². The molecule has 0 atom stereocenters. The van der Waals surface area contributed by atoms with E-state index in [0.717, 1.165) is 17.1 Å². The largest absolute Gasteiger partial charge is 0.460 e. The second-order valence-corrected chi connectivity index (χ2v) is 5.41. The first-order valence-electron chi connectivity index (χ1n) is 6.36. The van der Waals surface area contributed by atoms with Gasteiger partial charge in [0.15, 0.2) is 5.16 Å². The molecule has 0 aromatic carbocycles. The molecule has 0 aliphatic heterocycles. The lowest BCUT2D eigenvalue weighted by atomic mass is 10.4. The van der Waals surface area contributed by atoms with Gasteiger partial charge < -0.3 is 4.42 Å². The average Bonchev–Trinajstić information content (AvgIpc) is 2.81. The highest BCUT2D eigenvalue weighted by Crippen LogP contribution is 2.13. The monoisotopic (exact) mass is 304 g/mol. The van der Waals surface area contributed by atoms with Crippen LogP contribution in [0, 0.1) is 20.8 Å². The van der Waals surface area contributed by atoms with Crippen LogP contribution in [0.25, 0.3) is 0 Å². The van der Waals surface area contributed by atoms with Crippen LogP contribution in [0.2, 0.25) is 0 Å². The molecule has 0 bridgehead atoms. The summed E-state index contributed by atoms with van der Waals surface area (Å²) in [6, 6.07) is 5.50. The normalized spacial score (nSPS) is 11.0. The van der Waals surface area contributed by atoms with E-state index in [9.17, 15) is 4.79 Å². The highest BCUT2D eigenvalue weighted by molar-refractivity contribution is 7.99. The maximum Gasteiger partial charge on any atom is 0.250 e. The zero-order valence-corrected chi connectivity index (χ0v) is 12.9. The maximum absolute atomic E-state index is 11.6. The third-order valence-electron chi connectivity index (χ3n) is 2.44. The summed E-state index contributed by atoms with van der Waals surface area (Å²) in [6.07, 6.45) is 1.46. The lowest BCUT2D eigenvalue weighted by molar-refractivity contribution is -0.118. The van der Waals surface area contributed by atoms with Crippen LogP contribution in [0.4, 0.5) is 0 Å². The molecule has 1 N–H and O–H groups in total. The zero-order valence-electron chi connectivity index (χ0n) is 12.1. The van der Waals surface area contributed by atoms with E-state index in [4.69, 9.17) is 4.42 Å². The molecule has 110 valence electrons. The Morgan fingerprint density at radius 3 is 2.67 bits per heavy atom. The van der Waals surface area contributed by atoms with Crippen LogP contribution < -0.4 is 5.43 Å². The quantitative estimate of drug-likeness (QED) is 0.396. The number of thioether (sulfide) groups is 1. The van der Waals surface area contributed by atoms with Crippen LogP contribution >= 0.6 is 11.8 Å². The van der Waals surface area contributed by atoms with Gasteiger partial charge in [-0.05, 0) is 39.0 Å². The highest BCUT2D eigenvalue weighted by atomic mass is 32.2. The minimum absolute atomic E-state index is 0.206. The molecule has 0 unspecified atom stereocenters. The lowest BCUT2D eigenvalue weighted by Gasteiger charge is -2.02. The van der Waals surface area contributed by atoms with E-state index in [0.29, 0.717) is 10.9 Å². The first-order valence-corrected chi connectivity index (χ1v) is 7.35. The fraction of sp³-hybridized carbons (Fsp3) is 0.286. The number of rotatable bonds is 5. The molecule has 7 heteroatoms. The summed E-state index contributed by atoms with van der Waals surface area (Å²) in [5.74, 6) is 1.38. The summed E-state index contributed by atoms with van der Waals surface area (Å²) in [6.45, 7) is 5.64. The highest BCUT2D eigenvalue weighted by Gasteiger charge is 2.05. The predicted molar refractivity (Wildman–Crippen MR) is 81.4 cm³/mol. The Hall–Kier alpha value is -2.15. The Labute approximate surface area is 127 Å². The van der Waals surface area contributed by atoms with Crippen molar-refractivity contribution >= 4 is 23.9 Å². The molecule has 0 spiro atoms. The molecule has 0 saturated heterocycles.